The lowest BCUT2D eigenvalue weighted by molar-refractivity contribution is 0.00578. The molecule has 1 aromatic heterocycles. The van der Waals surface area contributed by atoms with Crippen LogP contribution in [0.2, 0.25) is 0 Å². The Bertz CT molecular complexity index is 916. The highest BCUT2D eigenvalue weighted by Gasteiger charge is 2.52. The normalized spacial score (nSPS) is 21.8. The first-order chi connectivity index (χ1) is 13.6. The van der Waals surface area contributed by atoms with Crippen LogP contribution in [-0.4, -0.2) is 73.5 Å². The van der Waals surface area contributed by atoms with Gasteiger partial charge in [-0.3, -0.25) is 0 Å². The van der Waals surface area contributed by atoms with Gasteiger partial charge in [-0.05, 0) is 40.8 Å². The fraction of sp³-hybridized carbons (Fsp3) is 0.600. The van der Waals surface area contributed by atoms with Gasteiger partial charge in [-0.15, -0.1) is 0 Å². The van der Waals surface area contributed by atoms with Crippen molar-refractivity contribution in [2.45, 2.75) is 38.9 Å². The number of likely N-dealkylation sites (N-methyl/N-ethyl adjacent to an activating group) is 1. The molecule has 7 nitrogen and oxygen atoms in total. The van der Waals surface area contributed by atoms with E-state index >= 15 is 4.39 Å². The third kappa shape index (κ3) is 3.35. The van der Waals surface area contributed by atoms with Gasteiger partial charge >= 0.3 is 7.12 Å². The summed E-state index contributed by atoms with van der Waals surface area (Å²) in [4.78, 5) is 13.1. The van der Waals surface area contributed by atoms with Crippen molar-refractivity contribution in [3.8, 4) is 5.75 Å². The molecule has 0 bridgehead atoms. The van der Waals surface area contributed by atoms with E-state index in [1.165, 1.54) is 6.33 Å². The Morgan fingerprint density at radius 3 is 2.28 bits per heavy atom. The zero-order chi connectivity index (χ0) is 21.0. The number of hydrogen-bond donors (Lipinski definition) is 0. The predicted octanol–water partition coefficient (Wildman–Crippen LogP) is 1.83. The van der Waals surface area contributed by atoms with E-state index in [0.29, 0.717) is 17.0 Å². The van der Waals surface area contributed by atoms with Gasteiger partial charge in [0, 0.05) is 31.6 Å². The molecule has 9 heteroatoms. The minimum absolute atomic E-state index is 0.220. The molecule has 2 aliphatic heterocycles. The highest BCUT2D eigenvalue weighted by Crippen LogP contribution is 2.38. The van der Waals surface area contributed by atoms with Crippen LogP contribution in [0.25, 0.3) is 10.9 Å². The van der Waals surface area contributed by atoms with E-state index in [0.717, 1.165) is 26.2 Å². The second-order valence-electron chi connectivity index (χ2n) is 8.78. The van der Waals surface area contributed by atoms with Crippen LogP contribution in [0.4, 0.5) is 10.2 Å². The standard InChI is InChI=1S/C20H28BFN4O3/c1-19(2)20(3,4)29-21(28-19)13-11-14(27-6)15-17(16(13)22)23-12-24-18(15)26-9-7-25(5)8-10-26/h11-12H,7-10H2,1-6H3. The third-order valence-electron chi connectivity index (χ3n) is 6.35. The molecule has 29 heavy (non-hydrogen) atoms. The molecule has 2 saturated heterocycles. The Morgan fingerprint density at radius 1 is 1.07 bits per heavy atom. The van der Waals surface area contributed by atoms with E-state index in [4.69, 9.17) is 14.0 Å². The van der Waals surface area contributed by atoms with E-state index in [1.807, 2.05) is 27.7 Å². The van der Waals surface area contributed by atoms with Gasteiger partial charge in [0.05, 0.1) is 23.7 Å². The number of halogens is 1. The molecule has 2 aromatic rings. The largest absolute Gasteiger partial charge is 0.498 e. The van der Waals surface area contributed by atoms with E-state index in [9.17, 15) is 0 Å². The van der Waals surface area contributed by atoms with Crippen LogP contribution in [0.3, 0.4) is 0 Å². The lowest BCUT2D eigenvalue weighted by atomic mass is 9.78. The first kappa shape index (κ1) is 20.3. The zero-order valence-corrected chi connectivity index (χ0v) is 18.0. The molecule has 0 saturated carbocycles. The van der Waals surface area contributed by atoms with Crippen LogP contribution in [0, 0.1) is 5.82 Å². The van der Waals surface area contributed by atoms with Gasteiger partial charge in [-0.2, -0.15) is 0 Å². The monoisotopic (exact) mass is 402 g/mol. The van der Waals surface area contributed by atoms with Gasteiger partial charge < -0.3 is 23.8 Å². The van der Waals surface area contributed by atoms with Gasteiger partial charge in [-0.25, -0.2) is 14.4 Å². The number of methoxy groups -OCH3 is 1. The molecule has 156 valence electrons. The molecule has 0 N–H and O–H groups in total. The van der Waals surface area contributed by atoms with Gasteiger partial charge in [0.15, 0.2) is 0 Å². The topological polar surface area (TPSA) is 60.0 Å². The summed E-state index contributed by atoms with van der Waals surface area (Å²) in [5, 5.41) is 0.581. The van der Waals surface area contributed by atoms with Crippen molar-refractivity contribution < 1.29 is 18.4 Å². The first-order valence-corrected chi connectivity index (χ1v) is 9.95. The molecule has 0 atom stereocenters. The predicted molar refractivity (Wildman–Crippen MR) is 111 cm³/mol. The number of nitrogens with zero attached hydrogens (tertiary/aromatic N) is 4. The van der Waals surface area contributed by atoms with Crippen LogP contribution < -0.4 is 15.1 Å². The minimum atomic E-state index is -0.833. The highest BCUT2D eigenvalue weighted by atomic mass is 19.1. The number of aromatic nitrogens is 2. The molecule has 0 radical (unpaired) electrons. The summed E-state index contributed by atoms with van der Waals surface area (Å²) in [7, 11) is 2.83. The van der Waals surface area contributed by atoms with Crippen LogP contribution >= 0.6 is 0 Å². The molecule has 0 amide bonds. The van der Waals surface area contributed by atoms with Gasteiger partial charge in [-0.1, -0.05) is 0 Å². The summed E-state index contributed by atoms with van der Waals surface area (Å²) < 4.78 is 33.4. The molecule has 0 spiro atoms. The van der Waals surface area contributed by atoms with Crippen molar-refractivity contribution in [1.29, 1.82) is 0 Å². The number of rotatable bonds is 3. The molecular weight excluding hydrogens is 374 g/mol. The molecule has 3 heterocycles. The number of piperazine rings is 1. The summed E-state index contributed by atoms with van der Waals surface area (Å²) in [5.41, 5.74) is -0.625. The van der Waals surface area contributed by atoms with Crippen molar-refractivity contribution in [2.75, 3.05) is 45.2 Å². The summed E-state index contributed by atoms with van der Waals surface area (Å²) in [6.07, 6.45) is 1.41. The number of benzene rings is 1. The maximum atomic E-state index is 15.6. The van der Waals surface area contributed by atoms with Gasteiger partial charge in [0.1, 0.15) is 29.2 Å². The number of ether oxygens (including phenoxy) is 1. The van der Waals surface area contributed by atoms with Crippen molar-refractivity contribution in [3.05, 3.63) is 18.2 Å². The average Bonchev–Trinajstić information content (AvgIpc) is 2.89. The Balaban J connectivity index is 1.82. The molecule has 0 unspecified atom stereocenters. The van der Waals surface area contributed by atoms with Crippen LogP contribution in [-0.2, 0) is 9.31 Å². The Hall–Kier alpha value is -1.97. The van der Waals surface area contributed by atoms with Gasteiger partial charge in [0.2, 0.25) is 0 Å². The van der Waals surface area contributed by atoms with Crippen molar-refractivity contribution in [2.24, 2.45) is 0 Å². The number of hydrogen-bond acceptors (Lipinski definition) is 7. The first-order valence-electron chi connectivity index (χ1n) is 9.95. The van der Waals surface area contributed by atoms with Crippen LogP contribution in [0.1, 0.15) is 27.7 Å². The Labute approximate surface area is 171 Å². The van der Waals surface area contributed by atoms with Crippen molar-refractivity contribution in [1.82, 2.24) is 14.9 Å². The van der Waals surface area contributed by atoms with Crippen molar-refractivity contribution >= 4 is 29.3 Å². The molecule has 4 rings (SSSR count). The smallest absolute Gasteiger partial charge is 0.496 e. The summed E-state index contributed by atoms with van der Waals surface area (Å²) in [5.74, 6) is 0.747. The summed E-state index contributed by atoms with van der Waals surface area (Å²) in [6, 6.07) is 1.66. The molecule has 1 aromatic carbocycles. The minimum Gasteiger partial charge on any atom is -0.496 e. The molecular formula is C20H28BFN4O3. The van der Waals surface area contributed by atoms with Crippen molar-refractivity contribution in [3.63, 3.8) is 0 Å². The third-order valence-corrected chi connectivity index (χ3v) is 6.35. The lowest BCUT2D eigenvalue weighted by Gasteiger charge is -2.33. The Morgan fingerprint density at radius 2 is 1.69 bits per heavy atom. The SMILES string of the molecule is COc1cc(B2OC(C)(C)C(C)(C)O2)c(F)c2ncnc(N3CCN(C)CC3)c12. The molecule has 0 aliphatic carbocycles. The maximum absolute atomic E-state index is 15.6. The number of anilines is 1. The quantitative estimate of drug-likeness (QED) is 0.726. The number of fused-ring (bicyclic) bond motifs is 1. The van der Waals surface area contributed by atoms with Crippen LogP contribution in [0.5, 0.6) is 5.75 Å². The van der Waals surface area contributed by atoms with E-state index in [-0.39, 0.29) is 11.0 Å². The fourth-order valence-corrected chi connectivity index (χ4v) is 3.74. The summed E-state index contributed by atoms with van der Waals surface area (Å²) >= 11 is 0. The van der Waals surface area contributed by atoms with Crippen LogP contribution in [0.15, 0.2) is 12.4 Å². The molecule has 2 aliphatic rings. The zero-order valence-electron chi connectivity index (χ0n) is 18.0. The van der Waals surface area contributed by atoms with Gasteiger partial charge in [0.25, 0.3) is 0 Å². The average molecular weight is 402 g/mol. The maximum Gasteiger partial charge on any atom is 0.498 e. The summed E-state index contributed by atoms with van der Waals surface area (Å²) in [6.45, 7) is 11.2. The second kappa shape index (κ2) is 7.07. The second-order valence-corrected chi connectivity index (χ2v) is 8.78. The van der Waals surface area contributed by atoms with E-state index in [2.05, 4.69) is 26.8 Å². The molecule has 2 fully saturated rings. The lowest BCUT2D eigenvalue weighted by Crippen LogP contribution is -2.45. The Kier molecular flexibility index (Phi) is 4.95. The fourth-order valence-electron chi connectivity index (χ4n) is 3.74. The van der Waals surface area contributed by atoms with E-state index < -0.39 is 24.1 Å². The highest BCUT2D eigenvalue weighted by molar-refractivity contribution is 6.62. The van der Waals surface area contributed by atoms with E-state index in [1.54, 1.807) is 13.2 Å².